The first-order chi connectivity index (χ1) is 11.4. The molecule has 0 atom stereocenters. The monoisotopic (exact) mass is 348 g/mol. The number of hydrogen-bond donors (Lipinski definition) is 1. The fraction of sp³-hybridized carbons (Fsp3) is 0.438. The SMILES string of the molecule is CCS(=O)(=O)c1ccc(C(=O)NCc2nnc(C)n2C2CC2)cc1. The van der Waals surface area contributed by atoms with Gasteiger partial charge >= 0.3 is 0 Å². The summed E-state index contributed by atoms with van der Waals surface area (Å²) in [6, 6.07) is 6.42. The predicted octanol–water partition coefficient (Wildman–Crippen LogP) is 1.65. The molecule has 0 bridgehead atoms. The number of carbonyl (C=O) groups excluding carboxylic acids is 1. The highest BCUT2D eigenvalue weighted by Gasteiger charge is 2.28. The van der Waals surface area contributed by atoms with Crippen LogP contribution in [0.15, 0.2) is 29.2 Å². The number of aromatic nitrogens is 3. The Bertz CT molecular complexity index is 852. The second-order valence-corrected chi connectivity index (χ2v) is 8.15. The number of benzene rings is 1. The van der Waals surface area contributed by atoms with Crippen molar-refractivity contribution < 1.29 is 13.2 Å². The van der Waals surface area contributed by atoms with Gasteiger partial charge in [-0.25, -0.2) is 8.42 Å². The van der Waals surface area contributed by atoms with Gasteiger partial charge in [0, 0.05) is 11.6 Å². The molecule has 8 heteroatoms. The molecule has 1 aromatic carbocycles. The fourth-order valence-electron chi connectivity index (χ4n) is 2.58. The molecular formula is C16H20N4O3S. The quantitative estimate of drug-likeness (QED) is 0.856. The zero-order valence-corrected chi connectivity index (χ0v) is 14.5. The summed E-state index contributed by atoms with van der Waals surface area (Å²) in [5, 5.41) is 11.0. The second kappa shape index (κ2) is 6.35. The molecule has 1 amide bonds. The number of aryl methyl sites for hydroxylation is 1. The van der Waals surface area contributed by atoms with E-state index in [1.807, 2.05) is 6.92 Å². The number of amides is 1. The molecule has 24 heavy (non-hydrogen) atoms. The number of rotatable bonds is 6. The van der Waals surface area contributed by atoms with E-state index in [4.69, 9.17) is 0 Å². The number of nitrogens with zero attached hydrogens (tertiary/aromatic N) is 3. The Morgan fingerprint density at radius 2 is 1.92 bits per heavy atom. The van der Waals surface area contributed by atoms with Crippen molar-refractivity contribution in [1.82, 2.24) is 20.1 Å². The van der Waals surface area contributed by atoms with Gasteiger partial charge in [0.1, 0.15) is 5.82 Å². The van der Waals surface area contributed by atoms with E-state index in [1.54, 1.807) is 6.92 Å². The van der Waals surface area contributed by atoms with Crippen molar-refractivity contribution in [3.8, 4) is 0 Å². The van der Waals surface area contributed by atoms with Crippen molar-refractivity contribution in [3.63, 3.8) is 0 Å². The lowest BCUT2D eigenvalue weighted by Crippen LogP contribution is -2.25. The van der Waals surface area contributed by atoms with E-state index in [0.717, 1.165) is 24.5 Å². The second-order valence-electron chi connectivity index (χ2n) is 5.88. The van der Waals surface area contributed by atoms with Crippen LogP contribution in [-0.2, 0) is 16.4 Å². The number of hydrogen-bond acceptors (Lipinski definition) is 5. The molecule has 7 nitrogen and oxygen atoms in total. The summed E-state index contributed by atoms with van der Waals surface area (Å²) in [7, 11) is -3.25. The Kier molecular flexibility index (Phi) is 4.40. The van der Waals surface area contributed by atoms with Crippen LogP contribution in [0.25, 0.3) is 0 Å². The van der Waals surface area contributed by atoms with Crippen LogP contribution in [0.5, 0.6) is 0 Å². The first kappa shape index (κ1) is 16.6. The van der Waals surface area contributed by atoms with Gasteiger partial charge in [-0.15, -0.1) is 10.2 Å². The summed E-state index contributed by atoms with van der Waals surface area (Å²) in [5.41, 5.74) is 0.416. The van der Waals surface area contributed by atoms with Gasteiger partial charge < -0.3 is 9.88 Å². The molecule has 0 aliphatic heterocycles. The number of nitrogens with one attached hydrogen (secondary N) is 1. The predicted molar refractivity (Wildman–Crippen MR) is 88.4 cm³/mol. The molecule has 1 fully saturated rings. The topological polar surface area (TPSA) is 93.9 Å². The molecule has 1 aliphatic rings. The summed E-state index contributed by atoms with van der Waals surface area (Å²) >= 11 is 0. The summed E-state index contributed by atoms with van der Waals surface area (Å²) in [6.45, 7) is 3.79. The van der Waals surface area contributed by atoms with Crippen molar-refractivity contribution in [2.75, 3.05) is 5.75 Å². The molecule has 1 N–H and O–H groups in total. The van der Waals surface area contributed by atoms with E-state index in [0.29, 0.717) is 18.2 Å². The molecule has 0 saturated heterocycles. The Morgan fingerprint density at radius 3 is 2.50 bits per heavy atom. The highest BCUT2D eigenvalue weighted by molar-refractivity contribution is 7.91. The Morgan fingerprint density at radius 1 is 1.25 bits per heavy atom. The van der Waals surface area contributed by atoms with Crippen LogP contribution in [0.2, 0.25) is 0 Å². The molecule has 1 aliphatic carbocycles. The Balaban J connectivity index is 1.67. The number of sulfone groups is 1. The maximum atomic E-state index is 12.2. The van der Waals surface area contributed by atoms with E-state index in [2.05, 4.69) is 20.1 Å². The van der Waals surface area contributed by atoms with E-state index >= 15 is 0 Å². The highest BCUT2D eigenvalue weighted by Crippen LogP contribution is 2.36. The third kappa shape index (κ3) is 3.33. The molecule has 3 rings (SSSR count). The zero-order valence-electron chi connectivity index (χ0n) is 13.7. The van der Waals surface area contributed by atoms with Gasteiger partial charge in [-0.2, -0.15) is 0 Å². The van der Waals surface area contributed by atoms with E-state index in [-0.39, 0.29) is 16.6 Å². The largest absolute Gasteiger partial charge is 0.345 e. The third-order valence-electron chi connectivity index (χ3n) is 4.11. The molecular weight excluding hydrogens is 328 g/mol. The smallest absolute Gasteiger partial charge is 0.251 e. The van der Waals surface area contributed by atoms with Gasteiger partial charge in [0.2, 0.25) is 0 Å². The molecule has 0 radical (unpaired) electrons. The minimum Gasteiger partial charge on any atom is -0.345 e. The molecule has 2 aromatic rings. The maximum Gasteiger partial charge on any atom is 0.251 e. The lowest BCUT2D eigenvalue weighted by Gasteiger charge is -2.08. The molecule has 128 valence electrons. The normalized spacial score (nSPS) is 14.6. The minimum atomic E-state index is -3.25. The van der Waals surface area contributed by atoms with Gasteiger partial charge in [-0.1, -0.05) is 6.92 Å². The highest BCUT2D eigenvalue weighted by atomic mass is 32.2. The summed E-state index contributed by atoms with van der Waals surface area (Å²) in [4.78, 5) is 12.5. The standard InChI is InChI=1S/C16H20N4O3S/c1-3-24(22,23)14-8-4-12(5-9-14)16(21)17-10-15-19-18-11(2)20(15)13-6-7-13/h4-5,8-9,13H,3,6-7,10H2,1-2H3,(H,17,21). The van der Waals surface area contributed by atoms with Gasteiger partial charge in [0.05, 0.1) is 17.2 Å². The van der Waals surface area contributed by atoms with E-state index < -0.39 is 9.84 Å². The third-order valence-corrected chi connectivity index (χ3v) is 5.86. The van der Waals surface area contributed by atoms with Gasteiger partial charge in [0.25, 0.3) is 5.91 Å². The van der Waals surface area contributed by atoms with Crippen molar-refractivity contribution in [1.29, 1.82) is 0 Å². The number of carbonyl (C=O) groups is 1. The molecule has 0 unspecified atom stereocenters. The van der Waals surface area contributed by atoms with Crippen molar-refractivity contribution in [2.24, 2.45) is 0 Å². The average Bonchev–Trinajstić information content (AvgIpc) is 3.35. The van der Waals surface area contributed by atoms with Crippen LogP contribution in [0.1, 0.15) is 47.8 Å². The Labute approximate surface area is 141 Å². The van der Waals surface area contributed by atoms with Crippen LogP contribution in [0, 0.1) is 6.92 Å². The van der Waals surface area contributed by atoms with E-state index in [1.165, 1.54) is 24.3 Å². The first-order valence-corrected chi connectivity index (χ1v) is 9.59. The van der Waals surface area contributed by atoms with Crippen LogP contribution in [0.3, 0.4) is 0 Å². The molecule has 1 aromatic heterocycles. The van der Waals surface area contributed by atoms with Crippen LogP contribution < -0.4 is 5.32 Å². The summed E-state index contributed by atoms with van der Waals surface area (Å²) in [5.74, 6) is 1.37. The molecule has 1 heterocycles. The zero-order chi connectivity index (χ0) is 17.3. The Hall–Kier alpha value is -2.22. The maximum absolute atomic E-state index is 12.2. The fourth-order valence-corrected chi connectivity index (χ4v) is 3.47. The summed E-state index contributed by atoms with van der Waals surface area (Å²) < 4.78 is 25.6. The minimum absolute atomic E-state index is 0.0364. The lowest BCUT2D eigenvalue weighted by atomic mass is 10.2. The van der Waals surface area contributed by atoms with Crippen molar-refractivity contribution in [3.05, 3.63) is 41.5 Å². The van der Waals surface area contributed by atoms with Crippen LogP contribution in [0.4, 0.5) is 0 Å². The van der Waals surface area contributed by atoms with Crippen molar-refractivity contribution in [2.45, 2.75) is 44.2 Å². The van der Waals surface area contributed by atoms with Gasteiger partial charge in [0.15, 0.2) is 15.7 Å². The average molecular weight is 348 g/mol. The lowest BCUT2D eigenvalue weighted by molar-refractivity contribution is 0.0949. The first-order valence-electron chi connectivity index (χ1n) is 7.93. The van der Waals surface area contributed by atoms with Gasteiger partial charge in [-0.05, 0) is 44.0 Å². The van der Waals surface area contributed by atoms with Crippen molar-refractivity contribution >= 4 is 15.7 Å². The van der Waals surface area contributed by atoms with E-state index in [9.17, 15) is 13.2 Å². The van der Waals surface area contributed by atoms with Gasteiger partial charge in [-0.3, -0.25) is 4.79 Å². The van der Waals surface area contributed by atoms with Crippen LogP contribution >= 0.6 is 0 Å². The molecule has 0 spiro atoms. The van der Waals surface area contributed by atoms with Crippen LogP contribution in [-0.4, -0.2) is 34.8 Å². The summed E-state index contributed by atoms with van der Waals surface area (Å²) in [6.07, 6.45) is 2.24. The molecule has 1 saturated carbocycles.